The van der Waals surface area contributed by atoms with Gasteiger partial charge in [0.15, 0.2) is 0 Å². The van der Waals surface area contributed by atoms with E-state index in [9.17, 15) is 0 Å². The largest absolute Gasteiger partial charge is 0.159 e. The minimum Gasteiger partial charge on any atom is -0.159 e. The maximum absolute atomic E-state index is 2.36. The Kier molecular flexibility index (Phi) is 11.2. The third kappa shape index (κ3) is 10.2. The van der Waals surface area contributed by atoms with Gasteiger partial charge in [0.1, 0.15) is 0 Å². The molecule has 84 valence electrons. The molecule has 14 heavy (non-hydrogen) atoms. The molecule has 0 saturated heterocycles. The molecule has 0 rings (SSSR count). The normalized spacial score (nSPS) is 13.6. The molecule has 0 bridgehead atoms. The quantitative estimate of drug-likeness (QED) is 0.382. The Balaban J connectivity index is 3.05. The van der Waals surface area contributed by atoms with Crippen LogP contribution in [0.2, 0.25) is 0 Å². The van der Waals surface area contributed by atoms with E-state index in [2.05, 4.69) is 44.7 Å². The predicted molar refractivity (Wildman–Crippen MR) is 70.1 cm³/mol. The van der Waals surface area contributed by atoms with Crippen molar-refractivity contribution in [2.75, 3.05) is 5.75 Å². The first kappa shape index (κ1) is 14.1. The summed E-state index contributed by atoms with van der Waals surface area (Å²) in [5.74, 6) is 1.27. The maximum atomic E-state index is 2.36. The van der Waals surface area contributed by atoms with E-state index in [1.165, 1.54) is 44.3 Å². The fraction of sp³-hybridized carbons (Fsp3) is 0.846. The van der Waals surface area contributed by atoms with Crippen LogP contribution in [0.3, 0.4) is 0 Å². The first-order valence-corrected chi connectivity index (χ1v) is 7.08. The van der Waals surface area contributed by atoms with Crippen LogP contribution in [0.15, 0.2) is 12.2 Å². The standard InChI is InChI=1S/C13H26S/c1-4-6-7-8-9-10-11-12-13(3)14-5-2/h4,6,13H,5,7-12H2,1-3H3. The van der Waals surface area contributed by atoms with Crippen molar-refractivity contribution in [3.05, 3.63) is 12.2 Å². The van der Waals surface area contributed by atoms with Crippen molar-refractivity contribution in [3.8, 4) is 0 Å². The lowest BCUT2D eigenvalue weighted by Gasteiger charge is -2.08. The summed E-state index contributed by atoms with van der Waals surface area (Å²) in [7, 11) is 0. The number of rotatable bonds is 9. The third-order valence-corrected chi connectivity index (χ3v) is 3.56. The minimum atomic E-state index is 0.871. The van der Waals surface area contributed by atoms with E-state index < -0.39 is 0 Å². The molecule has 1 heteroatoms. The van der Waals surface area contributed by atoms with E-state index in [0.29, 0.717) is 0 Å². The molecule has 0 aromatic rings. The van der Waals surface area contributed by atoms with Gasteiger partial charge in [0.25, 0.3) is 0 Å². The average molecular weight is 214 g/mol. The Labute approximate surface area is 94.6 Å². The van der Waals surface area contributed by atoms with E-state index in [0.717, 1.165) is 5.25 Å². The van der Waals surface area contributed by atoms with Gasteiger partial charge in [0.2, 0.25) is 0 Å². The van der Waals surface area contributed by atoms with Gasteiger partial charge in [0, 0.05) is 5.25 Å². The Morgan fingerprint density at radius 3 is 2.50 bits per heavy atom. The van der Waals surface area contributed by atoms with Crippen LogP contribution < -0.4 is 0 Å². The number of unbranched alkanes of at least 4 members (excludes halogenated alkanes) is 4. The Bertz CT molecular complexity index is 129. The number of thioether (sulfide) groups is 1. The molecule has 0 aliphatic heterocycles. The molecule has 0 N–H and O–H groups in total. The zero-order valence-corrected chi connectivity index (χ0v) is 10.9. The molecule has 0 radical (unpaired) electrons. The Hall–Kier alpha value is 0.0900. The average Bonchev–Trinajstić information content (AvgIpc) is 2.17. The summed E-state index contributed by atoms with van der Waals surface area (Å²) >= 11 is 2.09. The van der Waals surface area contributed by atoms with Crippen LogP contribution in [0.1, 0.15) is 59.3 Å². The van der Waals surface area contributed by atoms with E-state index in [-0.39, 0.29) is 0 Å². The molecule has 0 saturated carbocycles. The van der Waals surface area contributed by atoms with E-state index >= 15 is 0 Å². The summed E-state index contributed by atoms with van der Waals surface area (Å²) in [5.41, 5.74) is 0. The SMILES string of the molecule is CC=CCCCCCCC(C)SCC. The maximum Gasteiger partial charge on any atom is 0.00186 e. The van der Waals surface area contributed by atoms with Gasteiger partial charge in [-0.15, -0.1) is 0 Å². The van der Waals surface area contributed by atoms with Gasteiger partial charge in [-0.3, -0.25) is 0 Å². The zero-order valence-electron chi connectivity index (χ0n) is 10.1. The molecule has 1 unspecified atom stereocenters. The van der Waals surface area contributed by atoms with Crippen LogP contribution in [0.25, 0.3) is 0 Å². The molecule has 0 spiro atoms. The molecular formula is C13H26S. The molecule has 0 nitrogen and oxygen atoms in total. The summed E-state index contributed by atoms with van der Waals surface area (Å²) in [6.07, 6.45) is 12.7. The van der Waals surface area contributed by atoms with Gasteiger partial charge in [-0.05, 0) is 31.9 Å². The smallest absolute Gasteiger partial charge is 0.00186 e. The second-order valence-electron chi connectivity index (χ2n) is 3.83. The highest BCUT2D eigenvalue weighted by atomic mass is 32.2. The molecule has 1 atom stereocenters. The van der Waals surface area contributed by atoms with E-state index in [4.69, 9.17) is 0 Å². The second kappa shape index (κ2) is 11.2. The van der Waals surface area contributed by atoms with Gasteiger partial charge in [-0.25, -0.2) is 0 Å². The molecular weight excluding hydrogens is 188 g/mol. The summed E-state index contributed by atoms with van der Waals surface area (Å²) in [4.78, 5) is 0. The Morgan fingerprint density at radius 2 is 1.86 bits per heavy atom. The monoisotopic (exact) mass is 214 g/mol. The van der Waals surface area contributed by atoms with Crippen LogP contribution in [0.5, 0.6) is 0 Å². The number of hydrogen-bond donors (Lipinski definition) is 0. The molecule has 0 aliphatic carbocycles. The molecule has 0 aliphatic rings. The van der Waals surface area contributed by atoms with Crippen molar-refractivity contribution in [2.24, 2.45) is 0 Å². The van der Waals surface area contributed by atoms with E-state index in [1.807, 2.05) is 0 Å². The number of allylic oxidation sites excluding steroid dienone is 2. The van der Waals surface area contributed by atoms with Gasteiger partial charge < -0.3 is 0 Å². The summed E-state index contributed by atoms with van der Waals surface area (Å²) < 4.78 is 0. The highest BCUT2D eigenvalue weighted by Crippen LogP contribution is 2.17. The van der Waals surface area contributed by atoms with Gasteiger partial charge in [0.05, 0.1) is 0 Å². The van der Waals surface area contributed by atoms with Crippen LogP contribution in [0.4, 0.5) is 0 Å². The van der Waals surface area contributed by atoms with Crippen molar-refractivity contribution in [2.45, 2.75) is 64.5 Å². The van der Waals surface area contributed by atoms with Crippen molar-refractivity contribution in [1.82, 2.24) is 0 Å². The zero-order chi connectivity index (χ0) is 10.6. The lowest BCUT2D eigenvalue weighted by molar-refractivity contribution is 0.616. The lowest BCUT2D eigenvalue weighted by atomic mass is 10.1. The molecule has 0 amide bonds. The molecule has 0 aromatic heterocycles. The fourth-order valence-corrected chi connectivity index (χ4v) is 2.48. The van der Waals surface area contributed by atoms with Crippen molar-refractivity contribution in [1.29, 1.82) is 0 Å². The van der Waals surface area contributed by atoms with Gasteiger partial charge in [-0.2, -0.15) is 11.8 Å². The van der Waals surface area contributed by atoms with Gasteiger partial charge in [-0.1, -0.05) is 45.3 Å². The molecule has 0 fully saturated rings. The molecule has 0 heterocycles. The van der Waals surface area contributed by atoms with Crippen molar-refractivity contribution < 1.29 is 0 Å². The van der Waals surface area contributed by atoms with Crippen molar-refractivity contribution >= 4 is 11.8 Å². The predicted octanol–water partition coefficient (Wildman–Crippen LogP) is 5.04. The minimum absolute atomic E-state index is 0.871. The lowest BCUT2D eigenvalue weighted by Crippen LogP contribution is -1.96. The Morgan fingerprint density at radius 1 is 1.14 bits per heavy atom. The first-order valence-electron chi connectivity index (χ1n) is 6.04. The highest BCUT2D eigenvalue weighted by Gasteiger charge is 1.99. The topological polar surface area (TPSA) is 0 Å². The van der Waals surface area contributed by atoms with Crippen LogP contribution >= 0.6 is 11.8 Å². The summed E-state index contributed by atoms with van der Waals surface area (Å²) in [6.45, 7) is 6.70. The van der Waals surface area contributed by atoms with Gasteiger partial charge >= 0.3 is 0 Å². The van der Waals surface area contributed by atoms with Crippen molar-refractivity contribution in [3.63, 3.8) is 0 Å². The van der Waals surface area contributed by atoms with Crippen LogP contribution in [-0.4, -0.2) is 11.0 Å². The van der Waals surface area contributed by atoms with E-state index in [1.54, 1.807) is 0 Å². The molecule has 0 aromatic carbocycles. The summed E-state index contributed by atoms with van der Waals surface area (Å²) in [6, 6.07) is 0. The van der Waals surface area contributed by atoms with Crippen LogP contribution in [-0.2, 0) is 0 Å². The fourth-order valence-electron chi connectivity index (χ4n) is 1.58. The number of hydrogen-bond acceptors (Lipinski definition) is 1. The highest BCUT2D eigenvalue weighted by molar-refractivity contribution is 7.99. The first-order chi connectivity index (χ1) is 6.81. The second-order valence-corrected chi connectivity index (χ2v) is 5.54. The third-order valence-electron chi connectivity index (χ3n) is 2.42. The summed E-state index contributed by atoms with van der Waals surface area (Å²) in [5, 5.41) is 0.871. The van der Waals surface area contributed by atoms with Crippen LogP contribution in [0, 0.1) is 0 Å².